The van der Waals surface area contributed by atoms with Crippen LogP contribution in [0.2, 0.25) is 0 Å². The van der Waals surface area contributed by atoms with Crippen molar-refractivity contribution in [1.29, 1.82) is 0 Å². The van der Waals surface area contributed by atoms with E-state index in [0.717, 1.165) is 17.7 Å². The monoisotopic (exact) mass is 366 g/mol. The Kier molecular flexibility index (Phi) is 5.33. The zero-order valence-corrected chi connectivity index (χ0v) is 15.3. The number of aryl methyl sites for hydroxylation is 2. The molecule has 0 saturated carbocycles. The minimum atomic E-state index is -0.212. The molecule has 8 heteroatoms. The average Bonchev–Trinajstić information content (AvgIpc) is 3.02. The van der Waals surface area contributed by atoms with Gasteiger partial charge in [0.1, 0.15) is 10.8 Å². The molecule has 0 aliphatic rings. The van der Waals surface area contributed by atoms with E-state index in [1.165, 1.54) is 11.5 Å². The van der Waals surface area contributed by atoms with Gasteiger partial charge in [0.05, 0.1) is 11.3 Å². The Morgan fingerprint density at radius 3 is 2.88 bits per heavy atom. The second-order valence-corrected chi connectivity index (χ2v) is 6.24. The Hall–Kier alpha value is -3.13. The van der Waals surface area contributed by atoms with E-state index in [2.05, 4.69) is 43.6 Å². The van der Waals surface area contributed by atoms with Gasteiger partial charge < -0.3 is 10.6 Å². The highest BCUT2D eigenvalue weighted by Crippen LogP contribution is 2.29. The maximum atomic E-state index is 12.9. The fourth-order valence-corrected chi connectivity index (χ4v) is 3.27. The van der Waals surface area contributed by atoms with Gasteiger partial charge in [-0.15, -0.1) is 0 Å². The highest BCUT2D eigenvalue weighted by Gasteiger charge is 2.20. The summed E-state index contributed by atoms with van der Waals surface area (Å²) in [5.41, 5.74) is 3.03. The normalized spacial score (nSPS) is 10.4. The van der Waals surface area contributed by atoms with Crippen LogP contribution >= 0.6 is 11.5 Å². The number of aliphatic imine (C=N–C) groups is 1. The fourth-order valence-electron chi connectivity index (χ4n) is 2.47. The van der Waals surface area contributed by atoms with Crippen LogP contribution in [0, 0.1) is 6.92 Å². The number of carbonyl (C=O) groups excluding carboxylic acids is 1. The number of anilines is 3. The van der Waals surface area contributed by atoms with Crippen LogP contribution in [0.1, 0.15) is 28.5 Å². The quantitative estimate of drug-likeness (QED) is 0.640. The van der Waals surface area contributed by atoms with Crippen LogP contribution in [0.25, 0.3) is 0 Å². The maximum absolute atomic E-state index is 12.9. The Balaban J connectivity index is 1.87. The molecule has 3 rings (SSSR count). The van der Waals surface area contributed by atoms with Crippen molar-refractivity contribution in [3.8, 4) is 0 Å². The van der Waals surface area contributed by atoms with Gasteiger partial charge in [-0.3, -0.25) is 4.79 Å². The molecule has 132 valence electrons. The molecule has 7 nitrogen and oxygen atoms in total. The SMILES string of the molecule is C=Nc1nccc(Nc2snc(C)c2C(=O)Nc2ccccc2CC)n1. The van der Waals surface area contributed by atoms with Gasteiger partial charge in [-0.05, 0) is 49.3 Å². The number of carbonyl (C=O) groups is 1. The molecule has 1 amide bonds. The van der Waals surface area contributed by atoms with E-state index in [4.69, 9.17) is 0 Å². The number of rotatable bonds is 6. The van der Waals surface area contributed by atoms with Gasteiger partial charge in [-0.1, -0.05) is 25.1 Å². The number of nitrogens with one attached hydrogen (secondary N) is 2. The number of nitrogens with zero attached hydrogens (tertiary/aromatic N) is 4. The maximum Gasteiger partial charge on any atom is 0.260 e. The molecule has 26 heavy (non-hydrogen) atoms. The second-order valence-electron chi connectivity index (χ2n) is 5.46. The number of hydrogen-bond acceptors (Lipinski definition) is 7. The molecular formula is C18H18N6OS. The van der Waals surface area contributed by atoms with Gasteiger partial charge in [0.2, 0.25) is 0 Å². The van der Waals surface area contributed by atoms with Crippen molar-refractivity contribution in [3.63, 3.8) is 0 Å². The minimum absolute atomic E-state index is 0.212. The van der Waals surface area contributed by atoms with E-state index < -0.39 is 0 Å². The number of benzene rings is 1. The lowest BCUT2D eigenvalue weighted by Gasteiger charge is -2.11. The summed E-state index contributed by atoms with van der Waals surface area (Å²) in [6.45, 7) is 7.27. The van der Waals surface area contributed by atoms with Gasteiger partial charge in [0, 0.05) is 11.9 Å². The molecule has 0 saturated heterocycles. The summed E-state index contributed by atoms with van der Waals surface area (Å²) in [5, 5.41) is 6.71. The highest BCUT2D eigenvalue weighted by molar-refractivity contribution is 7.10. The van der Waals surface area contributed by atoms with Gasteiger partial charge in [0.15, 0.2) is 0 Å². The molecule has 0 atom stereocenters. The largest absolute Gasteiger partial charge is 0.330 e. The van der Waals surface area contributed by atoms with E-state index in [1.54, 1.807) is 19.2 Å². The number of hydrogen-bond donors (Lipinski definition) is 2. The number of para-hydroxylation sites is 1. The number of amides is 1. The first-order valence-corrected chi connectivity index (χ1v) is 8.82. The van der Waals surface area contributed by atoms with Crippen LogP contribution in [0.15, 0.2) is 41.5 Å². The molecule has 0 radical (unpaired) electrons. The Labute approximate surface area is 155 Å². The molecule has 0 aliphatic heterocycles. The van der Waals surface area contributed by atoms with E-state index in [1.807, 2.05) is 24.3 Å². The first kappa shape index (κ1) is 17.7. The number of aromatic nitrogens is 3. The third kappa shape index (κ3) is 3.75. The molecule has 3 aromatic rings. The standard InChI is InChI=1S/C18H18N6OS/c1-4-12-7-5-6-8-13(12)21-16(25)15-11(2)24-26-17(15)22-14-9-10-20-18(19-3)23-14/h5-10H,3-4H2,1-2H3,(H,21,25)(H,20,22,23). The molecule has 0 bridgehead atoms. The molecule has 0 fully saturated rings. The van der Waals surface area contributed by atoms with E-state index in [-0.39, 0.29) is 11.9 Å². The zero-order chi connectivity index (χ0) is 18.5. The molecule has 0 spiro atoms. The van der Waals surface area contributed by atoms with Gasteiger partial charge in [0.25, 0.3) is 11.9 Å². The van der Waals surface area contributed by atoms with E-state index >= 15 is 0 Å². The molecule has 2 N–H and O–H groups in total. The molecule has 2 heterocycles. The van der Waals surface area contributed by atoms with E-state index in [9.17, 15) is 4.79 Å². The summed E-state index contributed by atoms with van der Waals surface area (Å²) in [6, 6.07) is 9.44. The lowest BCUT2D eigenvalue weighted by Crippen LogP contribution is -2.15. The molecule has 0 aliphatic carbocycles. The van der Waals surface area contributed by atoms with Crippen LogP contribution in [0.5, 0.6) is 0 Å². The first-order valence-electron chi connectivity index (χ1n) is 8.04. The Bertz CT molecular complexity index is 952. The van der Waals surface area contributed by atoms with Gasteiger partial charge in [-0.25, -0.2) is 9.98 Å². The minimum Gasteiger partial charge on any atom is -0.330 e. The van der Waals surface area contributed by atoms with Crippen molar-refractivity contribution in [2.24, 2.45) is 4.99 Å². The van der Waals surface area contributed by atoms with Crippen molar-refractivity contribution in [3.05, 3.63) is 53.3 Å². The van der Waals surface area contributed by atoms with Gasteiger partial charge in [-0.2, -0.15) is 9.36 Å². The summed E-state index contributed by atoms with van der Waals surface area (Å²) in [4.78, 5) is 24.7. The van der Waals surface area contributed by atoms with E-state index in [0.29, 0.717) is 22.1 Å². The Morgan fingerprint density at radius 2 is 2.12 bits per heavy atom. The average molecular weight is 366 g/mol. The summed E-state index contributed by atoms with van der Waals surface area (Å²) >= 11 is 1.20. The van der Waals surface area contributed by atoms with Crippen LogP contribution in [-0.4, -0.2) is 27.0 Å². The summed E-state index contributed by atoms with van der Waals surface area (Å²) in [5.74, 6) is 0.573. The van der Waals surface area contributed by atoms with Crippen molar-refractivity contribution in [1.82, 2.24) is 14.3 Å². The summed E-state index contributed by atoms with van der Waals surface area (Å²) < 4.78 is 4.30. The fraction of sp³-hybridized carbons (Fsp3) is 0.167. The predicted molar refractivity (Wildman–Crippen MR) is 105 cm³/mol. The first-order chi connectivity index (χ1) is 12.6. The second kappa shape index (κ2) is 7.83. The third-order valence-corrected chi connectivity index (χ3v) is 4.62. The van der Waals surface area contributed by atoms with Crippen molar-refractivity contribution < 1.29 is 4.79 Å². The van der Waals surface area contributed by atoms with Crippen LogP contribution in [0.4, 0.5) is 22.5 Å². The van der Waals surface area contributed by atoms with Crippen molar-refractivity contribution >= 4 is 46.6 Å². The molecule has 1 aromatic carbocycles. The van der Waals surface area contributed by atoms with Gasteiger partial charge >= 0.3 is 0 Å². The summed E-state index contributed by atoms with van der Waals surface area (Å²) in [6.07, 6.45) is 2.41. The van der Waals surface area contributed by atoms with Crippen molar-refractivity contribution in [2.45, 2.75) is 20.3 Å². The molecular weight excluding hydrogens is 348 g/mol. The smallest absolute Gasteiger partial charge is 0.260 e. The predicted octanol–water partition coefficient (Wildman–Crippen LogP) is 4.13. The lowest BCUT2D eigenvalue weighted by atomic mass is 10.1. The van der Waals surface area contributed by atoms with Crippen LogP contribution in [0.3, 0.4) is 0 Å². The topological polar surface area (TPSA) is 92.2 Å². The lowest BCUT2D eigenvalue weighted by molar-refractivity contribution is 0.102. The van der Waals surface area contributed by atoms with Crippen LogP contribution < -0.4 is 10.6 Å². The van der Waals surface area contributed by atoms with Crippen molar-refractivity contribution in [2.75, 3.05) is 10.6 Å². The highest BCUT2D eigenvalue weighted by atomic mass is 32.1. The summed E-state index contributed by atoms with van der Waals surface area (Å²) in [7, 11) is 0. The van der Waals surface area contributed by atoms with Crippen LogP contribution in [-0.2, 0) is 6.42 Å². The molecule has 2 aromatic heterocycles. The zero-order valence-electron chi connectivity index (χ0n) is 14.5. The Morgan fingerprint density at radius 1 is 1.31 bits per heavy atom. The third-order valence-electron chi connectivity index (χ3n) is 3.76. The molecule has 0 unspecified atom stereocenters.